The minimum absolute atomic E-state index is 0.0972. The second kappa shape index (κ2) is 6.51. The van der Waals surface area contributed by atoms with E-state index in [4.69, 9.17) is 0 Å². The standard InChI is InChI=1S/C16H22N4O3S/c1-10(2)11-8-17-14(24-11)19-15(23)20-9-12(21)18-13(22)16(20)6-4-3-5-7-16/h8,10H,3-7,9H2,1-2H3,(H,17,19,23)(H,18,21,22). The monoisotopic (exact) mass is 350 g/mol. The van der Waals surface area contributed by atoms with Crippen LogP contribution < -0.4 is 10.6 Å². The van der Waals surface area contributed by atoms with E-state index < -0.39 is 17.5 Å². The molecule has 8 heteroatoms. The first kappa shape index (κ1) is 16.9. The summed E-state index contributed by atoms with van der Waals surface area (Å²) < 4.78 is 0. The van der Waals surface area contributed by atoms with Gasteiger partial charge in [-0.2, -0.15) is 0 Å². The molecule has 1 aromatic rings. The van der Waals surface area contributed by atoms with E-state index >= 15 is 0 Å². The van der Waals surface area contributed by atoms with Gasteiger partial charge in [-0.3, -0.25) is 20.2 Å². The van der Waals surface area contributed by atoms with E-state index in [1.807, 2.05) is 0 Å². The van der Waals surface area contributed by atoms with Gasteiger partial charge in [0.25, 0.3) is 5.91 Å². The topological polar surface area (TPSA) is 91.4 Å². The molecular formula is C16H22N4O3S. The molecule has 1 aromatic heterocycles. The molecule has 24 heavy (non-hydrogen) atoms. The van der Waals surface area contributed by atoms with E-state index in [0.717, 1.165) is 24.1 Å². The number of aromatic nitrogens is 1. The van der Waals surface area contributed by atoms with Gasteiger partial charge in [0.15, 0.2) is 5.13 Å². The predicted molar refractivity (Wildman–Crippen MR) is 90.9 cm³/mol. The Morgan fingerprint density at radius 3 is 2.67 bits per heavy atom. The van der Waals surface area contributed by atoms with Gasteiger partial charge in [0, 0.05) is 11.1 Å². The summed E-state index contributed by atoms with van der Waals surface area (Å²) >= 11 is 1.41. The van der Waals surface area contributed by atoms with Crippen LogP contribution in [0.15, 0.2) is 6.20 Å². The van der Waals surface area contributed by atoms with E-state index in [2.05, 4.69) is 29.5 Å². The SMILES string of the molecule is CC(C)c1cnc(NC(=O)N2CC(=O)NC(=O)C23CCCCC3)s1. The molecular weight excluding hydrogens is 328 g/mol. The number of urea groups is 1. The average molecular weight is 350 g/mol. The van der Waals surface area contributed by atoms with Crippen molar-refractivity contribution in [1.29, 1.82) is 0 Å². The third-order valence-corrected chi connectivity index (χ3v) is 5.94. The van der Waals surface area contributed by atoms with Crippen molar-refractivity contribution in [2.24, 2.45) is 0 Å². The van der Waals surface area contributed by atoms with Crippen molar-refractivity contribution in [2.75, 3.05) is 11.9 Å². The van der Waals surface area contributed by atoms with E-state index in [0.29, 0.717) is 23.9 Å². The molecule has 0 bridgehead atoms. The Morgan fingerprint density at radius 1 is 1.33 bits per heavy atom. The highest BCUT2D eigenvalue weighted by Crippen LogP contribution is 2.36. The molecule has 130 valence electrons. The number of hydrogen-bond donors (Lipinski definition) is 2. The summed E-state index contributed by atoms with van der Waals surface area (Å²) in [4.78, 5) is 43.7. The molecule has 7 nitrogen and oxygen atoms in total. The molecule has 1 spiro atoms. The predicted octanol–water partition coefficient (Wildman–Crippen LogP) is 2.46. The molecule has 2 N–H and O–H groups in total. The van der Waals surface area contributed by atoms with Crippen LogP contribution in [0, 0.1) is 0 Å². The number of nitrogens with one attached hydrogen (secondary N) is 2. The normalized spacial score (nSPS) is 20.4. The maximum atomic E-state index is 12.8. The first-order chi connectivity index (χ1) is 11.4. The Labute approximate surface area is 144 Å². The fourth-order valence-electron chi connectivity index (χ4n) is 3.37. The van der Waals surface area contributed by atoms with Crippen LogP contribution in [0.1, 0.15) is 56.7 Å². The first-order valence-corrected chi connectivity index (χ1v) is 9.13. The number of carbonyl (C=O) groups excluding carboxylic acids is 3. The van der Waals surface area contributed by atoms with Gasteiger partial charge in [0.2, 0.25) is 5.91 Å². The van der Waals surface area contributed by atoms with Crippen molar-refractivity contribution in [1.82, 2.24) is 15.2 Å². The minimum atomic E-state index is -0.908. The Hall–Kier alpha value is -1.96. The summed E-state index contributed by atoms with van der Waals surface area (Å²) in [7, 11) is 0. The Balaban J connectivity index is 1.81. The van der Waals surface area contributed by atoms with Crippen molar-refractivity contribution in [3.05, 3.63) is 11.1 Å². The number of nitrogens with zero attached hydrogens (tertiary/aromatic N) is 2. The molecule has 2 fully saturated rings. The summed E-state index contributed by atoms with van der Waals surface area (Å²) in [6, 6.07) is -0.426. The second-order valence-corrected chi connectivity index (χ2v) is 7.77. The Morgan fingerprint density at radius 2 is 2.04 bits per heavy atom. The summed E-state index contributed by atoms with van der Waals surface area (Å²) in [6.45, 7) is 4.02. The van der Waals surface area contributed by atoms with E-state index in [-0.39, 0.29) is 12.5 Å². The maximum Gasteiger partial charge on any atom is 0.325 e. The largest absolute Gasteiger partial charge is 0.325 e. The summed E-state index contributed by atoms with van der Waals surface area (Å²) in [5, 5.41) is 5.65. The maximum absolute atomic E-state index is 12.8. The van der Waals surface area contributed by atoms with Crippen molar-refractivity contribution in [3.63, 3.8) is 0 Å². The highest BCUT2D eigenvalue weighted by Gasteiger charge is 2.51. The third-order valence-electron chi connectivity index (χ3n) is 4.73. The summed E-state index contributed by atoms with van der Waals surface area (Å²) in [6.07, 6.45) is 5.72. The summed E-state index contributed by atoms with van der Waals surface area (Å²) in [5.41, 5.74) is -0.908. The van der Waals surface area contributed by atoms with Crippen LogP contribution in [0.4, 0.5) is 9.93 Å². The third kappa shape index (κ3) is 3.02. The minimum Gasteiger partial charge on any atom is -0.300 e. The fraction of sp³-hybridized carbons (Fsp3) is 0.625. The fourth-order valence-corrected chi connectivity index (χ4v) is 4.18. The van der Waals surface area contributed by atoms with E-state index in [1.165, 1.54) is 16.2 Å². The summed E-state index contributed by atoms with van der Waals surface area (Å²) in [5.74, 6) is -0.454. The highest BCUT2D eigenvalue weighted by molar-refractivity contribution is 7.15. The van der Waals surface area contributed by atoms with Crippen LogP contribution in [0.2, 0.25) is 0 Å². The lowest BCUT2D eigenvalue weighted by Gasteiger charge is -2.46. The smallest absolute Gasteiger partial charge is 0.300 e. The Bertz CT molecular complexity index is 664. The average Bonchev–Trinajstić information content (AvgIpc) is 3.01. The lowest BCUT2D eigenvalue weighted by atomic mass is 9.78. The van der Waals surface area contributed by atoms with Gasteiger partial charge in [-0.1, -0.05) is 33.1 Å². The molecule has 2 aliphatic rings. The number of carbonyl (C=O) groups is 3. The van der Waals surface area contributed by atoms with Gasteiger partial charge < -0.3 is 4.90 Å². The second-order valence-electron chi connectivity index (χ2n) is 6.71. The molecule has 3 rings (SSSR count). The van der Waals surface area contributed by atoms with Crippen LogP contribution in [0.25, 0.3) is 0 Å². The molecule has 0 unspecified atom stereocenters. The van der Waals surface area contributed by atoms with Gasteiger partial charge in [-0.15, -0.1) is 11.3 Å². The van der Waals surface area contributed by atoms with Crippen molar-refractivity contribution in [3.8, 4) is 0 Å². The van der Waals surface area contributed by atoms with Gasteiger partial charge in [0.05, 0.1) is 0 Å². The van der Waals surface area contributed by atoms with Crippen molar-refractivity contribution in [2.45, 2.75) is 57.4 Å². The first-order valence-electron chi connectivity index (χ1n) is 8.31. The van der Waals surface area contributed by atoms with Crippen LogP contribution in [0.5, 0.6) is 0 Å². The molecule has 1 saturated heterocycles. The highest BCUT2D eigenvalue weighted by atomic mass is 32.1. The quantitative estimate of drug-likeness (QED) is 0.802. The number of imide groups is 1. The number of piperazine rings is 1. The molecule has 2 heterocycles. The molecule has 1 saturated carbocycles. The zero-order chi connectivity index (χ0) is 17.3. The van der Waals surface area contributed by atoms with Crippen LogP contribution >= 0.6 is 11.3 Å². The Kier molecular flexibility index (Phi) is 4.58. The number of thiazole rings is 1. The number of amides is 4. The van der Waals surface area contributed by atoms with Crippen LogP contribution in [-0.2, 0) is 9.59 Å². The van der Waals surface area contributed by atoms with Gasteiger partial charge in [-0.05, 0) is 18.8 Å². The lowest BCUT2D eigenvalue weighted by molar-refractivity contribution is -0.146. The molecule has 4 amide bonds. The van der Waals surface area contributed by atoms with Crippen molar-refractivity contribution >= 4 is 34.3 Å². The van der Waals surface area contributed by atoms with Gasteiger partial charge in [-0.25, -0.2) is 9.78 Å². The molecule has 0 atom stereocenters. The van der Waals surface area contributed by atoms with Gasteiger partial charge in [0.1, 0.15) is 12.1 Å². The number of anilines is 1. The number of hydrogen-bond acceptors (Lipinski definition) is 5. The molecule has 0 radical (unpaired) electrons. The van der Waals surface area contributed by atoms with E-state index in [9.17, 15) is 14.4 Å². The zero-order valence-electron chi connectivity index (χ0n) is 13.9. The lowest BCUT2D eigenvalue weighted by Crippen LogP contribution is -2.69. The van der Waals surface area contributed by atoms with E-state index in [1.54, 1.807) is 6.20 Å². The molecule has 1 aliphatic carbocycles. The zero-order valence-corrected chi connectivity index (χ0v) is 14.7. The van der Waals surface area contributed by atoms with Crippen LogP contribution in [-0.4, -0.2) is 39.8 Å². The van der Waals surface area contributed by atoms with Gasteiger partial charge >= 0.3 is 6.03 Å². The number of rotatable bonds is 2. The van der Waals surface area contributed by atoms with Crippen molar-refractivity contribution < 1.29 is 14.4 Å². The van der Waals surface area contributed by atoms with Crippen LogP contribution in [0.3, 0.4) is 0 Å². The molecule has 1 aliphatic heterocycles. The molecule has 0 aromatic carbocycles.